The van der Waals surface area contributed by atoms with Crippen molar-refractivity contribution in [2.45, 2.75) is 6.54 Å². The Balaban J connectivity index is 2.14. The summed E-state index contributed by atoms with van der Waals surface area (Å²) in [4.78, 5) is 8.01. The molecule has 0 saturated heterocycles. The van der Waals surface area contributed by atoms with Crippen LogP contribution in [0.4, 0.5) is 5.82 Å². The Labute approximate surface area is 140 Å². The van der Waals surface area contributed by atoms with Crippen LogP contribution in [0.25, 0.3) is 0 Å². The fourth-order valence-electron chi connectivity index (χ4n) is 1.54. The molecule has 0 fully saturated rings. The molecule has 0 radical (unpaired) electrons. The molecule has 1 N–H and O–H groups in total. The van der Waals surface area contributed by atoms with Crippen LogP contribution in [0.1, 0.15) is 5.56 Å². The third-order valence-corrected chi connectivity index (χ3v) is 4.92. The van der Waals surface area contributed by atoms with Gasteiger partial charge in [-0.1, -0.05) is 30.3 Å². The number of aromatic nitrogens is 2. The summed E-state index contributed by atoms with van der Waals surface area (Å²) in [5.74, 6) is 0.137. The molecule has 2 aromatic rings. The summed E-state index contributed by atoms with van der Waals surface area (Å²) in [6.07, 6.45) is 1.42. The Morgan fingerprint density at radius 1 is 1.24 bits per heavy atom. The molecule has 21 heavy (non-hydrogen) atoms. The van der Waals surface area contributed by atoms with Gasteiger partial charge in [0, 0.05) is 13.6 Å². The highest BCUT2D eigenvalue weighted by molar-refractivity contribution is 9.11. The summed E-state index contributed by atoms with van der Waals surface area (Å²) >= 11 is 6.32. The van der Waals surface area contributed by atoms with E-state index in [0.29, 0.717) is 9.21 Å². The van der Waals surface area contributed by atoms with Crippen molar-refractivity contribution in [2.24, 2.45) is 0 Å². The molecular formula is C12H12Br2N4O2S. The number of nitrogens with one attached hydrogen (secondary N) is 1. The number of hydrogen-bond acceptors (Lipinski definition) is 4. The van der Waals surface area contributed by atoms with Crippen LogP contribution < -0.4 is 4.72 Å². The molecule has 0 spiro atoms. The molecule has 0 aliphatic heterocycles. The second-order valence-electron chi connectivity index (χ2n) is 4.18. The fraction of sp³-hybridized carbons (Fsp3) is 0.167. The lowest BCUT2D eigenvalue weighted by Gasteiger charge is -2.18. The van der Waals surface area contributed by atoms with E-state index in [1.807, 2.05) is 30.3 Å². The van der Waals surface area contributed by atoms with Crippen molar-refractivity contribution in [2.75, 3.05) is 11.8 Å². The monoisotopic (exact) mass is 434 g/mol. The van der Waals surface area contributed by atoms with Crippen LogP contribution in [0, 0.1) is 0 Å². The van der Waals surface area contributed by atoms with Gasteiger partial charge in [-0.3, -0.25) is 4.72 Å². The molecule has 2 rings (SSSR count). The van der Waals surface area contributed by atoms with Crippen molar-refractivity contribution in [3.63, 3.8) is 0 Å². The third kappa shape index (κ3) is 4.47. The Morgan fingerprint density at radius 3 is 2.52 bits per heavy atom. The minimum Gasteiger partial charge on any atom is -0.252 e. The zero-order chi connectivity index (χ0) is 15.5. The topological polar surface area (TPSA) is 75.2 Å². The van der Waals surface area contributed by atoms with E-state index in [1.54, 1.807) is 0 Å². The van der Waals surface area contributed by atoms with E-state index in [0.717, 1.165) is 5.56 Å². The van der Waals surface area contributed by atoms with E-state index in [-0.39, 0.29) is 12.4 Å². The van der Waals surface area contributed by atoms with E-state index >= 15 is 0 Å². The van der Waals surface area contributed by atoms with E-state index in [9.17, 15) is 8.42 Å². The molecule has 0 unspecified atom stereocenters. The van der Waals surface area contributed by atoms with Gasteiger partial charge in [0.05, 0.1) is 6.20 Å². The van der Waals surface area contributed by atoms with Gasteiger partial charge in [0.1, 0.15) is 4.60 Å². The number of rotatable bonds is 5. The van der Waals surface area contributed by atoms with Gasteiger partial charge in [0.25, 0.3) is 0 Å². The summed E-state index contributed by atoms with van der Waals surface area (Å²) in [5.41, 5.74) is 0.895. The zero-order valence-electron chi connectivity index (χ0n) is 11.0. The van der Waals surface area contributed by atoms with Crippen LogP contribution in [-0.4, -0.2) is 29.7 Å². The summed E-state index contributed by atoms with van der Waals surface area (Å²) in [6, 6.07) is 9.33. The van der Waals surface area contributed by atoms with Crippen LogP contribution in [0.3, 0.4) is 0 Å². The molecule has 9 heteroatoms. The van der Waals surface area contributed by atoms with Crippen LogP contribution in [0.15, 0.2) is 45.7 Å². The van der Waals surface area contributed by atoms with Crippen molar-refractivity contribution < 1.29 is 8.42 Å². The number of hydrogen-bond donors (Lipinski definition) is 1. The first-order chi connectivity index (χ1) is 9.88. The summed E-state index contributed by atoms with van der Waals surface area (Å²) in [7, 11) is -2.22. The average Bonchev–Trinajstić information content (AvgIpc) is 2.43. The third-order valence-electron chi connectivity index (χ3n) is 2.58. The Hall–Kier alpha value is -1.03. The van der Waals surface area contributed by atoms with E-state index < -0.39 is 10.2 Å². The van der Waals surface area contributed by atoms with Crippen molar-refractivity contribution in [1.82, 2.24) is 14.3 Å². The van der Waals surface area contributed by atoms with Gasteiger partial charge in [0.15, 0.2) is 10.4 Å². The van der Waals surface area contributed by atoms with Gasteiger partial charge >= 0.3 is 10.2 Å². The van der Waals surface area contributed by atoms with Crippen LogP contribution in [0.5, 0.6) is 0 Å². The molecule has 0 bridgehead atoms. The number of benzene rings is 1. The number of nitrogens with zero attached hydrogens (tertiary/aromatic N) is 3. The Bertz CT molecular complexity index is 725. The zero-order valence-corrected chi connectivity index (χ0v) is 15.0. The van der Waals surface area contributed by atoms with Crippen LogP contribution in [-0.2, 0) is 16.8 Å². The summed E-state index contributed by atoms with van der Waals surface area (Å²) in [6.45, 7) is 0.262. The Kier molecular flexibility index (Phi) is 5.31. The van der Waals surface area contributed by atoms with Crippen molar-refractivity contribution in [3.8, 4) is 0 Å². The van der Waals surface area contributed by atoms with Gasteiger partial charge in [0.2, 0.25) is 0 Å². The molecule has 6 nitrogen and oxygen atoms in total. The first-order valence-corrected chi connectivity index (χ1v) is 8.87. The van der Waals surface area contributed by atoms with Crippen LogP contribution in [0.2, 0.25) is 0 Å². The first-order valence-electron chi connectivity index (χ1n) is 5.84. The fourth-order valence-corrected chi connectivity index (χ4v) is 3.45. The number of anilines is 1. The van der Waals surface area contributed by atoms with E-state index in [2.05, 4.69) is 46.5 Å². The number of halogens is 2. The molecule has 0 aliphatic carbocycles. The summed E-state index contributed by atoms with van der Waals surface area (Å²) in [5, 5.41) is 0. The minimum atomic E-state index is -3.71. The standard InChI is InChI=1S/C12H12Br2N4O2S/c1-18(8-9-5-3-2-4-6-9)21(19,20)17-12-11(14)16-10(13)7-15-12/h2-7H,8H2,1H3,(H,15,17). The molecule has 1 aromatic carbocycles. The molecule has 1 heterocycles. The van der Waals surface area contributed by atoms with E-state index in [1.165, 1.54) is 17.5 Å². The second kappa shape index (κ2) is 6.82. The van der Waals surface area contributed by atoms with Crippen LogP contribution >= 0.6 is 31.9 Å². The smallest absolute Gasteiger partial charge is 0.252 e. The molecule has 0 atom stereocenters. The van der Waals surface area contributed by atoms with Crippen molar-refractivity contribution in [3.05, 3.63) is 51.3 Å². The molecule has 0 aliphatic rings. The molecule has 0 saturated carbocycles. The van der Waals surface area contributed by atoms with Gasteiger partial charge in [-0.05, 0) is 37.4 Å². The molecule has 1 aromatic heterocycles. The lowest BCUT2D eigenvalue weighted by Crippen LogP contribution is -2.32. The first kappa shape index (κ1) is 16.3. The maximum atomic E-state index is 12.3. The maximum absolute atomic E-state index is 12.3. The molecular weight excluding hydrogens is 424 g/mol. The quantitative estimate of drug-likeness (QED) is 0.783. The predicted octanol–water partition coefficient (Wildman–Crippen LogP) is 2.79. The SMILES string of the molecule is CN(Cc1ccccc1)S(=O)(=O)Nc1ncc(Br)nc1Br. The van der Waals surface area contributed by atoms with Crippen molar-refractivity contribution >= 4 is 47.9 Å². The Morgan fingerprint density at radius 2 is 1.90 bits per heavy atom. The summed E-state index contributed by atoms with van der Waals surface area (Å²) < 4.78 is 28.9. The highest BCUT2D eigenvalue weighted by atomic mass is 79.9. The minimum absolute atomic E-state index is 0.137. The van der Waals surface area contributed by atoms with Gasteiger partial charge in [-0.2, -0.15) is 12.7 Å². The highest BCUT2D eigenvalue weighted by Crippen LogP contribution is 2.21. The van der Waals surface area contributed by atoms with Gasteiger partial charge in [-0.15, -0.1) is 0 Å². The predicted molar refractivity (Wildman–Crippen MR) is 87.9 cm³/mol. The maximum Gasteiger partial charge on any atom is 0.302 e. The lowest BCUT2D eigenvalue weighted by molar-refractivity contribution is 0.471. The normalized spacial score (nSPS) is 11.6. The molecule has 112 valence electrons. The van der Waals surface area contributed by atoms with Crippen molar-refractivity contribution in [1.29, 1.82) is 0 Å². The lowest BCUT2D eigenvalue weighted by atomic mass is 10.2. The van der Waals surface area contributed by atoms with Gasteiger partial charge in [-0.25, -0.2) is 9.97 Å². The second-order valence-corrected chi connectivity index (χ2v) is 7.52. The average molecular weight is 436 g/mol. The molecule has 0 amide bonds. The highest BCUT2D eigenvalue weighted by Gasteiger charge is 2.20. The largest absolute Gasteiger partial charge is 0.302 e. The van der Waals surface area contributed by atoms with E-state index in [4.69, 9.17) is 0 Å². The van der Waals surface area contributed by atoms with Gasteiger partial charge < -0.3 is 0 Å².